The summed E-state index contributed by atoms with van der Waals surface area (Å²) in [6, 6.07) is -0.125. The fraction of sp³-hybridized carbons (Fsp3) is 0.625. The zero-order chi connectivity index (χ0) is 17.4. The van der Waals surface area contributed by atoms with Crippen molar-refractivity contribution in [1.82, 2.24) is 29.9 Å². The summed E-state index contributed by atoms with van der Waals surface area (Å²) in [5.41, 5.74) is 0.867. The largest absolute Gasteiger partial charge is 0.367 e. The maximum absolute atomic E-state index is 13.1. The number of aromatic amines is 1. The van der Waals surface area contributed by atoms with Gasteiger partial charge in [0.05, 0.1) is 24.5 Å². The SMILES string of the molecule is Cc1nc([C@H]2CN([C@H]3CCCN(c4cnn(C)c4)C3=O)CCO2)n[nH]1. The third kappa shape index (κ3) is 3.16. The van der Waals surface area contributed by atoms with Crippen LogP contribution in [-0.2, 0) is 16.6 Å². The Labute approximate surface area is 146 Å². The van der Waals surface area contributed by atoms with E-state index < -0.39 is 0 Å². The fourth-order valence-electron chi connectivity index (χ4n) is 3.61. The molecule has 1 amide bonds. The van der Waals surface area contributed by atoms with Crippen molar-refractivity contribution in [3.8, 4) is 0 Å². The van der Waals surface area contributed by atoms with E-state index in [0.29, 0.717) is 19.0 Å². The summed E-state index contributed by atoms with van der Waals surface area (Å²) in [6.07, 6.45) is 5.29. The number of morpholine rings is 1. The number of nitrogens with zero attached hydrogens (tertiary/aromatic N) is 6. The summed E-state index contributed by atoms with van der Waals surface area (Å²) in [6.45, 7) is 4.57. The highest BCUT2D eigenvalue weighted by molar-refractivity contribution is 5.97. The minimum absolute atomic E-state index is 0.125. The van der Waals surface area contributed by atoms with E-state index in [-0.39, 0.29) is 18.1 Å². The maximum atomic E-state index is 13.1. The Morgan fingerprint density at radius 3 is 2.96 bits per heavy atom. The van der Waals surface area contributed by atoms with Gasteiger partial charge in [-0.15, -0.1) is 0 Å². The molecule has 2 aromatic rings. The van der Waals surface area contributed by atoms with Crippen molar-refractivity contribution < 1.29 is 9.53 Å². The molecule has 4 heterocycles. The van der Waals surface area contributed by atoms with Crippen LogP contribution in [0.3, 0.4) is 0 Å². The van der Waals surface area contributed by atoms with Crippen molar-refractivity contribution in [2.75, 3.05) is 31.1 Å². The molecule has 1 N–H and O–H groups in total. The number of aromatic nitrogens is 5. The highest BCUT2D eigenvalue weighted by Gasteiger charge is 2.37. The number of amides is 1. The molecule has 134 valence electrons. The van der Waals surface area contributed by atoms with Crippen LogP contribution in [-0.4, -0.2) is 68.1 Å². The Balaban J connectivity index is 1.49. The zero-order valence-corrected chi connectivity index (χ0v) is 14.6. The van der Waals surface area contributed by atoms with Crippen LogP contribution in [0.5, 0.6) is 0 Å². The third-order valence-electron chi connectivity index (χ3n) is 4.85. The van der Waals surface area contributed by atoms with Crippen LogP contribution < -0.4 is 4.90 Å². The average molecular weight is 345 g/mol. The van der Waals surface area contributed by atoms with Crippen LogP contribution in [0.1, 0.15) is 30.6 Å². The lowest BCUT2D eigenvalue weighted by molar-refractivity contribution is -0.129. The number of aryl methyl sites for hydroxylation is 2. The zero-order valence-electron chi connectivity index (χ0n) is 14.6. The van der Waals surface area contributed by atoms with E-state index >= 15 is 0 Å². The molecule has 4 rings (SSSR count). The molecule has 2 aliphatic rings. The summed E-state index contributed by atoms with van der Waals surface area (Å²) in [5.74, 6) is 1.58. The van der Waals surface area contributed by atoms with E-state index in [0.717, 1.165) is 37.4 Å². The number of carbonyl (C=O) groups excluding carboxylic acids is 1. The van der Waals surface area contributed by atoms with Gasteiger partial charge in [-0.1, -0.05) is 0 Å². The summed E-state index contributed by atoms with van der Waals surface area (Å²) in [4.78, 5) is 21.5. The summed E-state index contributed by atoms with van der Waals surface area (Å²) in [7, 11) is 1.86. The van der Waals surface area contributed by atoms with Gasteiger partial charge in [0.15, 0.2) is 5.82 Å². The molecule has 0 aromatic carbocycles. The van der Waals surface area contributed by atoms with Gasteiger partial charge in [0, 0.05) is 32.9 Å². The highest BCUT2D eigenvalue weighted by Crippen LogP contribution is 2.27. The van der Waals surface area contributed by atoms with Crippen molar-refractivity contribution in [3.63, 3.8) is 0 Å². The Morgan fingerprint density at radius 2 is 2.24 bits per heavy atom. The van der Waals surface area contributed by atoms with E-state index in [1.807, 2.05) is 25.1 Å². The van der Waals surface area contributed by atoms with Gasteiger partial charge < -0.3 is 9.64 Å². The van der Waals surface area contributed by atoms with Gasteiger partial charge in [-0.05, 0) is 19.8 Å². The van der Waals surface area contributed by atoms with E-state index in [1.165, 1.54) is 0 Å². The van der Waals surface area contributed by atoms with Crippen molar-refractivity contribution in [2.24, 2.45) is 7.05 Å². The van der Waals surface area contributed by atoms with Crippen molar-refractivity contribution in [1.29, 1.82) is 0 Å². The van der Waals surface area contributed by atoms with E-state index in [4.69, 9.17) is 4.74 Å². The number of hydrogen-bond donors (Lipinski definition) is 1. The molecule has 0 unspecified atom stereocenters. The summed E-state index contributed by atoms with van der Waals surface area (Å²) >= 11 is 0. The molecular formula is C16H23N7O2. The smallest absolute Gasteiger partial charge is 0.244 e. The molecule has 2 atom stereocenters. The first kappa shape index (κ1) is 16.2. The molecule has 25 heavy (non-hydrogen) atoms. The van der Waals surface area contributed by atoms with Crippen LogP contribution >= 0.6 is 0 Å². The predicted molar refractivity (Wildman–Crippen MR) is 90.0 cm³/mol. The first-order valence-corrected chi connectivity index (χ1v) is 8.66. The van der Waals surface area contributed by atoms with Crippen LogP contribution in [0.25, 0.3) is 0 Å². The molecular weight excluding hydrogens is 322 g/mol. The number of anilines is 1. The third-order valence-corrected chi connectivity index (χ3v) is 4.85. The Bertz CT molecular complexity index is 755. The fourth-order valence-corrected chi connectivity index (χ4v) is 3.61. The van der Waals surface area contributed by atoms with Crippen molar-refractivity contribution in [3.05, 3.63) is 24.0 Å². The lowest BCUT2D eigenvalue weighted by Gasteiger charge is -2.41. The molecule has 0 aliphatic carbocycles. The number of hydrogen-bond acceptors (Lipinski definition) is 6. The minimum Gasteiger partial charge on any atom is -0.367 e. The van der Waals surface area contributed by atoms with E-state index in [2.05, 4.69) is 25.2 Å². The number of piperidine rings is 1. The number of nitrogens with one attached hydrogen (secondary N) is 1. The Morgan fingerprint density at radius 1 is 1.36 bits per heavy atom. The molecule has 2 aromatic heterocycles. The van der Waals surface area contributed by atoms with Gasteiger partial charge in [-0.25, -0.2) is 4.98 Å². The van der Waals surface area contributed by atoms with Crippen LogP contribution in [0.4, 0.5) is 5.69 Å². The quantitative estimate of drug-likeness (QED) is 0.866. The van der Waals surface area contributed by atoms with Crippen LogP contribution in [0, 0.1) is 6.92 Å². The molecule has 9 heteroatoms. The van der Waals surface area contributed by atoms with Crippen molar-refractivity contribution >= 4 is 11.6 Å². The van der Waals surface area contributed by atoms with Gasteiger partial charge in [-0.3, -0.25) is 19.5 Å². The minimum atomic E-state index is -0.194. The van der Waals surface area contributed by atoms with Gasteiger partial charge in [-0.2, -0.15) is 10.2 Å². The van der Waals surface area contributed by atoms with E-state index in [9.17, 15) is 4.79 Å². The molecule has 9 nitrogen and oxygen atoms in total. The molecule has 2 saturated heterocycles. The first-order chi connectivity index (χ1) is 12.1. The second-order valence-electron chi connectivity index (χ2n) is 6.65. The number of ether oxygens (including phenoxy) is 1. The van der Waals surface area contributed by atoms with Gasteiger partial charge in [0.25, 0.3) is 0 Å². The van der Waals surface area contributed by atoms with Gasteiger partial charge >= 0.3 is 0 Å². The summed E-state index contributed by atoms with van der Waals surface area (Å²) in [5, 5.41) is 11.3. The lowest BCUT2D eigenvalue weighted by atomic mass is 10.0. The second-order valence-corrected chi connectivity index (χ2v) is 6.65. The van der Waals surface area contributed by atoms with Crippen LogP contribution in [0.15, 0.2) is 12.4 Å². The van der Waals surface area contributed by atoms with Gasteiger partial charge in [0.1, 0.15) is 11.9 Å². The number of H-pyrrole nitrogens is 1. The molecule has 2 aliphatic heterocycles. The standard InChI is InChI=1S/C16H23N7O2/c1-11-18-15(20-19-11)14-10-22(6-7-25-14)13-4-3-5-23(16(13)24)12-8-17-21(2)9-12/h8-9,13-14H,3-7,10H2,1-2H3,(H,18,19,20)/t13-,14+/m0/s1. The molecule has 0 saturated carbocycles. The normalized spacial score (nSPS) is 25.5. The molecule has 0 radical (unpaired) electrons. The molecule has 2 fully saturated rings. The monoisotopic (exact) mass is 345 g/mol. The average Bonchev–Trinajstić information content (AvgIpc) is 3.24. The maximum Gasteiger partial charge on any atom is 0.244 e. The molecule has 0 bridgehead atoms. The lowest BCUT2D eigenvalue weighted by Crippen LogP contribution is -2.55. The van der Waals surface area contributed by atoms with Gasteiger partial charge in [0.2, 0.25) is 5.91 Å². The Kier molecular flexibility index (Phi) is 4.26. The highest BCUT2D eigenvalue weighted by atomic mass is 16.5. The molecule has 0 spiro atoms. The Hall–Kier alpha value is -2.26. The predicted octanol–water partition coefficient (Wildman–Crippen LogP) is 0.416. The van der Waals surface area contributed by atoms with E-state index in [1.54, 1.807) is 10.9 Å². The first-order valence-electron chi connectivity index (χ1n) is 8.66. The number of rotatable bonds is 3. The van der Waals surface area contributed by atoms with Crippen LogP contribution in [0.2, 0.25) is 0 Å². The van der Waals surface area contributed by atoms with Crippen molar-refractivity contribution in [2.45, 2.75) is 31.9 Å². The summed E-state index contributed by atoms with van der Waals surface area (Å²) < 4.78 is 7.55. The number of carbonyl (C=O) groups is 1. The topological polar surface area (TPSA) is 92.2 Å². The second kappa shape index (κ2) is 6.57.